The van der Waals surface area contributed by atoms with Crippen molar-refractivity contribution in [3.05, 3.63) is 100 Å². The van der Waals surface area contributed by atoms with E-state index in [0.717, 1.165) is 31.0 Å². The fraction of sp³-hybridized carbons (Fsp3) is 0.219. The minimum absolute atomic E-state index is 0.0633. The van der Waals surface area contributed by atoms with Crippen LogP contribution >= 0.6 is 11.6 Å². The summed E-state index contributed by atoms with van der Waals surface area (Å²) in [6.07, 6.45) is -0.784. The molecule has 1 aromatic heterocycles. The zero-order valence-corrected chi connectivity index (χ0v) is 24.8. The van der Waals surface area contributed by atoms with Crippen LogP contribution in [-0.2, 0) is 17.4 Å². The summed E-state index contributed by atoms with van der Waals surface area (Å²) in [7, 11) is 0. The smallest absolute Gasteiger partial charge is 0.416 e. The molecule has 2 aliphatic rings. The molecular formula is C32H26ClF3N6O4. The molecule has 10 nitrogen and oxygen atoms in total. The van der Waals surface area contributed by atoms with Crippen LogP contribution in [0.25, 0.3) is 0 Å². The number of hydrogen-bond donors (Lipinski definition) is 3. The monoisotopic (exact) mass is 650 g/mol. The first kappa shape index (κ1) is 30.8. The molecule has 0 saturated heterocycles. The second-order valence-electron chi connectivity index (χ2n) is 10.7. The van der Waals surface area contributed by atoms with Crippen LogP contribution in [0.15, 0.2) is 72.9 Å². The third-order valence-corrected chi connectivity index (χ3v) is 7.60. The van der Waals surface area contributed by atoms with E-state index in [1.54, 1.807) is 24.3 Å². The number of alkyl halides is 3. The van der Waals surface area contributed by atoms with Gasteiger partial charge in [0, 0.05) is 42.1 Å². The summed E-state index contributed by atoms with van der Waals surface area (Å²) in [6.45, 7) is 0.166. The second kappa shape index (κ2) is 12.7. The van der Waals surface area contributed by atoms with Crippen LogP contribution in [0.1, 0.15) is 44.8 Å². The summed E-state index contributed by atoms with van der Waals surface area (Å²) in [4.78, 5) is 48.3. The minimum atomic E-state index is -4.59. The lowest BCUT2D eigenvalue weighted by atomic mass is 10.1. The van der Waals surface area contributed by atoms with Crippen molar-refractivity contribution in [1.29, 1.82) is 0 Å². The first-order valence-electron chi connectivity index (χ1n) is 14.3. The van der Waals surface area contributed by atoms with Crippen molar-refractivity contribution in [2.24, 2.45) is 0 Å². The number of carbonyl (C=O) groups excluding carboxylic acids is 3. The molecule has 3 aromatic carbocycles. The van der Waals surface area contributed by atoms with Crippen LogP contribution in [-0.4, -0.2) is 46.9 Å². The lowest BCUT2D eigenvalue weighted by Crippen LogP contribution is -2.38. The van der Waals surface area contributed by atoms with Crippen LogP contribution < -0.4 is 25.6 Å². The third-order valence-electron chi connectivity index (χ3n) is 7.29. The molecule has 236 valence electrons. The van der Waals surface area contributed by atoms with Gasteiger partial charge in [-0.05, 0) is 73.5 Å². The van der Waals surface area contributed by atoms with Crippen LogP contribution in [0.4, 0.5) is 36.2 Å². The minimum Gasteiger partial charge on any atom is -0.484 e. The molecule has 0 unspecified atom stereocenters. The normalized spacial score (nSPS) is 14.3. The van der Waals surface area contributed by atoms with Crippen LogP contribution in [0.5, 0.6) is 5.75 Å². The Hall–Kier alpha value is -5.17. The van der Waals surface area contributed by atoms with E-state index >= 15 is 0 Å². The van der Waals surface area contributed by atoms with Gasteiger partial charge in [0.1, 0.15) is 5.75 Å². The number of halogens is 4. The van der Waals surface area contributed by atoms with Crippen LogP contribution in [0, 0.1) is 0 Å². The molecule has 14 heteroatoms. The average molecular weight is 651 g/mol. The topological polar surface area (TPSA) is 126 Å². The molecule has 0 radical (unpaired) electrons. The Labute approximate surface area is 265 Å². The summed E-state index contributed by atoms with van der Waals surface area (Å²) in [6, 6.07) is 15.8. The maximum atomic E-state index is 13.5. The molecule has 6 rings (SSSR count). The zero-order valence-electron chi connectivity index (χ0n) is 24.0. The van der Waals surface area contributed by atoms with E-state index in [4.69, 9.17) is 16.3 Å². The number of hydrogen-bond acceptors (Lipinski definition) is 7. The molecule has 1 fully saturated rings. The number of benzene rings is 3. The molecule has 1 saturated carbocycles. The van der Waals surface area contributed by atoms with Gasteiger partial charge in [-0.25, -0.2) is 9.97 Å². The van der Waals surface area contributed by atoms with Crippen molar-refractivity contribution in [1.82, 2.24) is 15.3 Å². The fourth-order valence-corrected chi connectivity index (χ4v) is 5.01. The summed E-state index contributed by atoms with van der Waals surface area (Å²) in [5.41, 5.74) is 0.930. The van der Waals surface area contributed by atoms with E-state index in [1.807, 2.05) is 0 Å². The maximum Gasteiger partial charge on any atom is 0.416 e. The number of anilines is 4. The van der Waals surface area contributed by atoms with Gasteiger partial charge in [-0.1, -0.05) is 17.7 Å². The molecule has 0 atom stereocenters. The molecule has 1 aliphatic heterocycles. The Kier molecular flexibility index (Phi) is 8.50. The molecule has 2 heterocycles. The van der Waals surface area contributed by atoms with E-state index in [9.17, 15) is 27.6 Å². The highest BCUT2D eigenvalue weighted by Gasteiger charge is 2.31. The van der Waals surface area contributed by atoms with E-state index < -0.39 is 23.6 Å². The first-order chi connectivity index (χ1) is 22.0. The van der Waals surface area contributed by atoms with Gasteiger partial charge in [0.2, 0.25) is 5.95 Å². The predicted molar refractivity (Wildman–Crippen MR) is 165 cm³/mol. The van der Waals surface area contributed by atoms with Gasteiger partial charge < -0.3 is 25.6 Å². The Morgan fingerprint density at radius 2 is 1.78 bits per heavy atom. The summed E-state index contributed by atoms with van der Waals surface area (Å²) < 4.78 is 44.8. The van der Waals surface area contributed by atoms with Gasteiger partial charge in [-0.3, -0.25) is 14.4 Å². The van der Waals surface area contributed by atoms with Gasteiger partial charge in [0.15, 0.2) is 6.61 Å². The molecule has 46 heavy (non-hydrogen) atoms. The van der Waals surface area contributed by atoms with E-state index in [2.05, 4.69) is 25.9 Å². The third kappa shape index (κ3) is 7.20. The number of nitrogens with zero attached hydrogens (tertiary/aromatic N) is 3. The molecule has 4 aromatic rings. The molecule has 3 N–H and O–H groups in total. The number of ether oxygens (including phenoxy) is 1. The van der Waals surface area contributed by atoms with Crippen molar-refractivity contribution >= 4 is 52.3 Å². The van der Waals surface area contributed by atoms with E-state index in [0.29, 0.717) is 29.2 Å². The lowest BCUT2D eigenvalue weighted by molar-refractivity contribution is -0.137. The standard InChI is InChI=1S/C32H26ClF3N6O4/c33-25-11-8-22(39-29(44)18-2-1-3-19(14-18)32(34,35)36)15-27(25)42-13-12-26-24(30(42)45)16-37-31(41-26)40-21-6-9-23(10-7-21)46-17-28(43)38-20-4-5-20/h1-3,6-11,14-16,20H,4-5,12-13,17H2,(H,38,43)(H,39,44)(H,37,40,41). The van der Waals surface area contributed by atoms with Crippen molar-refractivity contribution < 1.29 is 32.3 Å². The van der Waals surface area contributed by atoms with Gasteiger partial charge in [-0.2, -0.15) is 13.2 Å². The number of aromatic nitrogens is 2. The largest absolute Gasteiger partial charge is 0.484 e. The highest BCUT2D eigenvalue weighted by molar-refractivity contribution is 6.34. The first-order valence-corrected chi connectivity index (χ1v) is 14.7. The number of rotatable bonds is 9. The molecular weight excluding hydrogens is 625 g/mol. The van der Waals surface area contributed by atoms with Crippen molar-refractivity contribution in [3.8, 4) is 5.75 Å². The van der Waals surface area contributed by atoms with Gasteiger partial charge >= 0.3 is 6.18 Å². The van der Waals surface area contributed by atoms with Crippen molar-refractivity contribution in [3.63, 3.8) is 0 Å². The molecule has 3 amide bonds. The fourth-order valence-electron chi connectivity index (χ4n) is 4.79. The van der Waals surface area contributed by atoms with Crippen molar-refractivity contribution in [2.45, 2.75) is 31.5 Å². The number of carbonyl (C=O) groups is 3. The molecule has 1 aliphatic carbocycles. The van der Waals surface area contributed by atoms with E-state index in [1.165, 1.54) is 35.4 Å². The van der Waals surface area contributed by atoms with Crippen LogP contribution in [0.3, 0.4) is 0 Å². The highest BCUT2D eigenvalue weighted by atomic mass is 35.5. The highest BCUT2D eigenvalue weighted by Crippen LogP contribution is 2.34. The number of amides is 3. The summed E-state index contributed by atoms with van der Waals surface area (Å²) in [5.74, 6) is -0.484. The maximum absolute atomic E-state index is 13.5. The zero-order chi connectivity index (χ0) is 32.4. The van der Waals surface area contributed by atoms with Gasteiger partial charge in [0.05, 0.1) is 27.5 Å². The molecule has 0 bridgehead atoms. The second-order valence-corrected chi connectivity index (χ2v) is 11.1. The Bertz CT molecular complexity index is 1810. The van der Waals surface area contributed by atoms with E-state index in [-0.39, 0.29) is 52.9 Å². The average Bonchev–Trinajstić information content (AvgIpc) is 3.85. The molecule has 0 spiro atoms. The summed E-state index contributed by atoms with van der Waals surface area (Å²) in [5, 5.41) is 8.76. The summed E-state index contributed by atoms with van der Waals surface area (Å²) >= 11 is 6.43. The number of fused-ring (bicyclic) bond motifs is 1. The Morgan fingerprint density at radius 1 is 1.02 bits per heavy atom. The Balaban J connectivity index is 1.10. The lowest BCUT2D eigenvalue weighted by Gasteiger charge is -2.29. The van der Waals surface area contributed by atoms with Crippen molar-refractivity contribution in [2.75, 3.05) is 28.7 Å². The number of nitrogens with one attached hydrogen (secondary N) is 3. The predicted octanol–water partition coefficient (Wildman–Crippen LogP) is 6.01. The quantitative estimate of drug-likeness (QED) is 0.203. The van der Waals surface area contributed by atoms with Gasteiger partial charge in [0.25, 0.3) is 17.7 Å². The SMILES string of the molecule is O=C(COc1ccc(Nc2ncc3c(n2)CCN(c2cc(NC(=O)c4cccc(C(F)(F)F)c4)ccc2Cl)C3=O)cc1)NC1CC1. The van der Waals surface area contributed by atoms with Gasteiger partial charge in [-0.15, -0.1) is 0 Å². The Morgan fingerprint density at radius 3 is 2.52 bits per heavy atom. The van der Waals surface area contributed by atoms with Crippen LogP contribution in [0.2, 0.25) is 5.02 Å².